The number of benzene rings is 2. The summed E-state index contributed by atoms with van der Waals surface area (Å²) in [6.07, 6.45) is 1.79. The molecule has 0 saturated carbocycles. The van der Waals surface area contributed by atoms with Crippen molar-refractivity contribution in [3.63, 3.8) is 0 Å². The first-order valence-corrected chi connectivity index (χ1v) is 11.3. The van der Waals surface area contributed by atoms with E-state index in [0.29, 0.717) is 41.6 Å². The van der Waals surface area contributed by atoms with Gasteiger partial charge >= 0.3 is 0 Å². The zero-order valence-electron chi connectivity index (χ0n) is 16.6. The van der Waals surface area contributed by atoms with Crippen molar-refractivity contribution in [3.05, 3.63) is 53.9 Å². The number of ether oxygens (including phenoxy) is 1. The van der Waals surface area contributed by atoms with E-state index in [-0.39, 0.29) is 4.90 Å². The quantitative estimate of drug-likeness (QED) is 0.557. The van der Waals surface area contributed by atoms with Gasteiger partial charge in [-0.15, -0.1) is 0 Å². The van der Waals surface area contributed by atoms with Crippen LogP contribution in [-0.4, -0.2) is 42.4 Å². The van der Waals surface area contributed by atoms with Gasteiger partial charge in [-0.05, 0) is 48.9 Å². The Balaban J connectivity index is 1.91. The zero-order chi connectivity index (χ0) is 21.0. The highest BCUT2D eigenvalue weighted by Crippen LogP contribution is 2.26. The highest BCUT2D eigenvalue weighted by Gasteiger charge is 2.22. The maximum absolute atomic E-state index is 12.7. The first-order chi connectivity index (χ1) is 13.9. The number of aromatic nitrogens is 2. The summed E-state index contributed by atoms with van der Waals surface area (Å²) in [6, 6.07) is 12.4. The second-order valence-corrected chi connectivity index (χ2v) is 8.69. The van der Waals surface area contributed by atoms with Crippen LogP contribution in [0.2, 0.25) is 0 Å². The second-order valence-electron chi connectivity index (χ2n) is 6.35. The Bertz CT molecular complexity index is 1120. The Hall–Kier alpha value is -2.35. The van der Waals surface area contributed by atoms with Gasteiger partial charge in [-0.25, -0.2) is 13.4 Å². The number of rotatable bonds is 8. The molecule has 0 aliphatic rings. The first kappa shape index (κ1) is 21.4. The summed E-state index contributed by atoms with van der Waals surface area (Å²) in [4.78, 5) is 7.82. The van der Waals surface area contributed by atoms with Crippen LogP contribution in [0.4, 0.5) is 0 Å². The molecule has 1 aromatic heterocycles. The molecule has 0 spiro atoms. The predicted octanol–water partition coefficient (Wildman–Crippen LogP) is 4.73. The fraction of sp³-hybridized carbons (Fsp3) is 0.286. The van der Waals surface area contributed by atoms with Gasteiger partial charge in [0.2, 0.25) is 10.0 Å². The third-order valence-corrected chi connectivity index (χ3v) is 6.84. The number of nitrogens with one attached hydrogen (secondary N) is 1. The van der Waals surface area contributed by atoms with E-state index in [4.69, 9.17) is 16.3 Å². The van der Waals surface area contributed by atoms with Crippen LogP contribution >= 0.6 is 11.6 Å². The van der Waals surface area contributed by atoms with E-state index >= 15 is 0 Å². The highest BCUT2D eigenvalue weighted by atomic mass is 35.5. The molecule has 3 rings (SSSR count). The van der Waals surface area contributed by atoms with Crippen LogP contribution in [0.15, 0.2) is 47.4 Å². The fourth-order valence-electron chi connectivity index (χ4n) is 3.02. The molecule has 0 aliphatic heterocycles. The van der Waals surface area contributed by atoms with Gasteiger partial charge in [0, 0.05) is 13.1 Å². The Morgan fingerprint density at radius 1 is 1.14 bits per heavy atom. The molecular formula is C21H24ClN3O3S. The summed E-state index contributed by atoms with van der Waals surface area (Å²) in [5, 5.41) is 0.429. The molecule has 29 heavy (non-hydrogen) atoms. The van der Waals surface area contributed by atoms with E-state index in [9.17, 15) is 8.42 Å². The lowest BCUT2D eigenvalue weighted by molar-refractivity contribution is 0.340. The average Bonchev–Trinajstić information content (AvgIpc) is 3.14. The Kier molecular flexibility index (Phi) is 6.62. The Morgan fingerprint density at radius 3 is 2.45 bits per heavy atom. The molecule has 0 atom stereocenters. The number of aromatic amines is 1. The van der Waals surface area contributed by atoms with Crippen LogP contribution in [0, 0.1) is 0 Å². The molecule has 0 unspecified atom stereocenters. The molecule has 154 valence electrons. The molecule has 0 amide bonds. The van der Waals surface area contributed by atoms with Gasteiger partial charge in [-0.3, -0.25) is 0 Å². The van der Waals surface area contributed by atoms with Crippen molar-refractivity contribution in [1.82, 2.24) is 14.3 Å². The van der Waals surface area contributed by atoms with Gasteiger partial charge in [0.1, 0.15) is 11.6 Å². The number of halogens is 1. The van der Waals surface area contributed by atoms with E-state index < -0.39 is 10.0 Å². The van der Waals surface area contributed by atoms with Gasteiger partial charge in [0.05, 0.1) is 27.6 Å². The van der Waals surface area contributed by atoms with Crippen LogP contribution in [-0.2, 0) is 10.0 Å². The molecule has 3 aromatic rings. The Labute approximate surface area is 176 Å². The number of hydrogen-bond acceptors (Lipinski definition) is 4. The van der Waals surface area contributed by atoms with Crippen LogP contribution in [0.5, 0.6) is 5.75 Å². The molecule has 0 saturated heterocycles. The fourth-order valence-corrected chi connectivity index (χ4v) is 4.72. The second kappa shape index (κ2) is 8.98. The third-order valence-electron chi connectivity index (χ3n) is 4.51. The normalized spacial score (nSPS) is 12.7. The van der Waals surface area contributed by atoms with Crippen molar-refractivity contribution in [1.29, 1.82) is 0 Å². The monoisotopic (exact) mass is 433 g/mol. The maximum atomic E-state index is 12.7. The summed E-state index contributed by atoms with van der Waals surface area (Å²) >= 11 is 6.45. The van der Waals surface area contributed by atoms with Gasteiger partial charge < -0.3 is 9.72 Å². The topological polar surface area (TPSA) is 75.3 Å². The minimum absolute atomic E-state index is 0.232. The van der Waals surface area contributed by atoms with E-state index in [0.717, 1.165) is 11.3 Å². The number of imidazole rings is 1. The number of hydrogen-bond donors (Lipinski definition) is 1. The smallest absolute Gasteiger partial charge is 0.243 e. The van der Waals surface area contributed by atoms with E-state index in [1.807, 2.05) is 45.0 Å². The molecular weight excluding hydrogens is 410 g/mol. The lowest BCUT2D eigenvalue weighted by atomic mass is 10.2. The molecule has 0 bridgehead atoms. The van der Waals surface area contributed by atoms with Crippen molar-refractivity contribution >= 4 is 43.8 Å². The highest BCUT2D eigenvalue weighted by molar-refractivity contribution is 7.89. The summed E-state index contributed by atoms with van der Waals surface area (Å²) in [7, 11) is -3.54. The lowest BCUT2D eigenvalue weighted by Crippen LogP contribution is -2.30. The summed E-state index contributed by atoms with van der Waals surface area (Å²) in [5.41, 5.74) is 2.17. The molecule has 6 nitrogen and oxygen atoms in total. The average molecular weight is 434 g/mol. The van der Waals surface area contributed by atoms with Crippen molar-refractivity contribution in [2.24, 2.45) is 0 Å². The van der Waals surface area contributed by atoms with Gasteiger partial charge in [-0.2, -0.15) is 4.31 Å². The molecule has 8 heteroatoms. The number of nitrogens with zero attached hydrogens (tertiary/aromatic N) is 2. The lowest BCUT2D eigenvalue weighted by Gasteiger charge is -2.18. The third kappa shape index (κ3) is 4.63. The molecule has 0 radical (unpaired) electrons. The van der Waals surface area contributed by atoms with Gasteiger partial charge in [0.15, 0.2) is 0 Å². The molecule has 1 N–H and O–H groups in total. The minimum Gasteiger partial charge on any atom is -0.494 e. The number of sulfonamides is 1. The summed E-state index contributed by atoms with van der Waals surface area (Å²) in [5.74, 6) is 1.28. The van der Waals surface area contributed by atoms with Crippen LogP contribution < -0.4 is 4.74 Å². The van der Waals surface area contributed by atoms with Crippen LogP contribution in [0.3, 0.4) is 0 Å². The van der Waals surface area contributed by atoms with Crippen molar-refractivity contribution in [2.45, 2.75) is 25.7 Å². The molecule has 0 aliphatic carbocycles. The van der Waals surface area contributed by atoms with Gasteiger partial charge in [0.25, 0.3) is 0 Å². The number of fused-ring (bicyclic) bond motifs is 1. The maximum Gasteiger partial charge on any atom is 0.243 e. The van der Waals surface area contributed by atoms with E-state index in [1.165, 1.54) is 4.31 Å². The summed E-state index contributed by atoms with van der Waals surface area (Å²) in [6.45, 7) is 7.02. The summed E-state index contributed by atoms with van der Waals surface area (Å²) < 4.78 is 32.3. The van der Waals surface area contributed by atoms with Crippen molar-refractivity contribution in [2.75, 3.05) is 19.7 Å². The van der Waals surface area contributed by atoms with Crippen molar-refractivity contribution in [3.8, 4) is 5.75 Å². The van der Waals surface area contributed by atoms with Crippen LogP contribution in [0.25, 0.3) is 22.1 Å². The largest absolute Gasteiger partial charge is 0.494 e. The molecule has 1 heterocycles. The van der Waals surface area contributed by atoms with E-state index in [1.54, 1.807) is 24.3 Å². The van der Waals surface area contributed by atoms with Crippen molar-refractivity contribution < 1.29 is 13.2 Å². The molecule has 0 fully saturated rings. The minimum atomic E-state index is -3.54. The van der Waals surface area contributed by atoms with Gasteiger partial charge in [-0.1, -0.05) is 37.6 Å². The Morgan fingerprint density at radius 2 is 1.83 bits per heavy atom. The van der Waals surface area contributed by atoms with E-state index in [2.05, 4.69) is 9.97 Å². The van der Waals surface area contributed by atoms with Crippen LogP contribution in [0.1, 0.15) is 32.2 Å². The predicted molar refractivity (Wildman–Crippen MR) is 118 cm³/mol. The number of H-pyrrole nitrogens is 1. The first-order valence-electron chi connectivity index (χ1n) is 9.49. The zero-order valence-corrected chi connectivity index (χ0v) is 18.2. The molecule has 2 aromatic carbocycles. The standard InChI is InChI=1S/C21H24ClN3O3S/c1-4-25(5-2)29(26,27)17-11-12-19-20(14-17)24-21(23-19)18(22)13-15-7-9-16(10-8-15)28-6-3/h7-14H,4-6H2,1-3H3,(H,23,24)/b18-13+. The SMILES string of the molecule is CCOc1ccc(/C=C(/Cl)c2nc3ccc(S(=O)(=O)N(CC)CC)cc3[nH]2)cc1.